The van der Waals surface area contributed by atoms with Crippen LogP contribution in [0.1, 0.15) is 37.7 Å². The van der Waals surface area contributed by atoms with E-state index in [0.29, 0.717) is 25.6 Å². The highest BCUT2D eigenvalue weighted by Gasteiger charge is 2.38. The third-order valence-electron chi connectivity index (χ3n) is 4.48. The number of rotatable bonds is 4. The Bertz CT molecular complexity index is 512. The molecule has 1 aromatic heterocycles. The van der Waals surface area contributed by atoms with Crippen molar-refractivity contribution in [2.75, 3.05) is 6.54 Å². The van der Waals surface area contributed by atoms with Gasteiger partial charge in [0.15, 0.2) is 0 Å². The molecule has 3 rings (SSSR count). The monoisotopic (exact) mass is 287 g/mol. The molecule has 0 radical (unpaired) electrons. The van der Waals surface area contributed by atoms with Crippen molar-refractivity contribution in [1.82, 2.24) is 15.2 Å². The number of nitrogens with one attached hydrogen (secondary N) is 1. The normalized spacial score (nSPS) is 22.8. The highest BCUT2D eigenvalue weighted by molar-refractivity contribution is 5.89. The summed E-state index contributed by atoms with van der Waals surface area (Å²) in [4.78, 5) is 30.3. The number of likely N-dealkylation sites (tertiary alicyclic amines) is 1. The molecule has 5 nitrogen and oxygen atoms in total. The topological polar surface area (TPSA) is 62.3 Å². The summed E-state index contributed by atoms with van der Waals surface area (Å²) in [6.07, 6.45) is 8.39. The second-order valence-electron chi connectivity index (χ2n) is 5.96. The second kappa shape index (κ2) is 6.24. The third kappa shape index (κ3) is 3.23. The predicted octanol–water partition coefficient (Wildman–Crippen LogP) is 1.49. The fourth-order valence-electron chi connectivity index (χ4n) is 3.31. The van der Waals surface area contributed by atoms with E-state index in [0.717, 1.165) is 18.4 Å². The molecule has 112 valence electrons. The van der Waals surface area contributed by atoms with E-state index in [-0.39, 0.29) is 17.7 Å². The number of nitrogens with zero attached hydrogens (tertiary/aromatic N) is 2. The van der Waals surface area contributed by atoms with Crippen LogP contribution < -0.4 is 5.32 Å². The number of carbonyl (C=O) groups excluding carboxylic acids is 2. The Labute approximate surface area is 124 Å². The molecule has 2 aliphatic rings. The van der Waals surface area contributed by atoms with Crippen LogP contribution in [0.3, 0.4) is 0 Å². The Kier molecular flexibility index (Phi) is 4.18. The van der Waals surface area contributed by atoms with Crippen molar-refractivity contribution < 1.29 is 9.59 Å². The zero-order valence-electron chi connectivity index (χ0n) is 12.1. The number of carbonyl (C=O) groups is 2. The standard InChI is InChI=1S/C16H21N3O2/c20-15-8-13(11-19(15)14-5-1-2-6-14)16(21)18-10-12-4-3-7-17-9-12/h3-4,7,9,13-14H,1-2,5-6,8,10-11H2,(H,18,21). The predicted molar refractivity (Wildman–Crippen MR) is 78.2 cm³/mol. The first kappa shape index (κ1) is 14.0. The van der Waals surface area contributed by atoms with Crippen molar-refractivity contribution in [3.63, 3.8) is 0 Å². The van der Waals surface area contributed by atoms with Gasteiger partial charge < -0.3 is 10.2 Å². The fourth-order valence-corrected chi connectivity index (χ4v) is 3.31. The molecule has 1 aliphatic heterocycles. The molecule has 0 bridgehead atoms. The highest BCUT2D eigenvalue weighted by atomic mass is 16.2. The lowest BCUT2D eigenvalue weighted by atomic mass is 10.1. The SMILES string of the molecule is O=C(NCc1cccnc1)C1CC(=O)N(C2CCCC2)C1. The first-order chi connectivity index (χ1) is 10.2. The minimum absolute atomic E-state index is 0.0206. The van der Waals surface area contributed by atoms with Gasteiger partial charge in [0.2, 0.25) is 11.8 Å². The third-order valence-corrected chi connectivity index (χ3v) is 4.48. The molecular formula is C16H21N3O2. The van der Waals surface area contributed by atoms with Crippen molar-refractivity contribution in [3.05, 3.63) is 30.1 Å². The van der Waals surface area contributed by atoms with Crippen molar-refractivity contribution in [3.8, 4) is 0 Å². The zero-order valence-corrected chi connectivity index (χ0v) is 12.1. The minimum Gasteiger partial charge on any atom is -0.352 e. The van der Waals surface area contributed by atoms with E-state index in [1.54, 1.807) is 12.4 Å². The summed E-state index contributed by atoms with van der Waals surface area (Å²) in [5, 5.41) is 2.91. The average Bonchev–Trinajstić information content (AvgIpc) is 3.15. The molecule has 1 aromatic rings. The Balaban J connectivity index is 1.52. The summed E-state index contributed by atoms with van der Waals surface area (Å²) in [5.74, 6) is -0.0779. The van der Waals surface area contributed by atoms with E-state index in [4.69, 9.17) is 0 Å². The summed E-state index contributed by atoms with van der Waals surface area (Å²) in [6.45, 7) is 1.06. The smallest absolute Gasteiger partial charge is 0.225 e. The van der Waals surface area contributed by atoms with Gasteiger partial charge in [-0.05, 0) is 24.5 Å². The van der Waals surface area contributed by atoms with Gasteiger partial charge in [-0.1, -0.05) is 18.9 Å². The number of hydrogen-bond donors (Lipinski definition) is 1. The molecule has 2 fully saturated rings. The zero-order chi connectivity index (χ0) is 14.7. The van der Waals surface area contributed by atoms with Crippen molar-refractivity contribution >= 4 is 11.8 Å². The fraction of sp³-hybridized carbons (Fsp3) is 0.562. The van der Waals surface area contributed by atoms with E-state index in [1.807, 2.05) is 17.0 Å². The van der Waals surface area contributed by atoms with Crippen LogP contribution in [0.25, 0.3) is 0 Å². The van der Waals surface area contributed by atoms with E-state index >= 15 is 0 Å². The summed E-state index contributed by atoms with van der Waals surface area (Å²) in [5.41, 5.74) is 0.975. The molecule has 1 atom stereocenters. The van der Waals surface area contributed by atoms with Gasteiger partial charge in [0, 0.05) is 37.9 Å². The van der Waals surface area contributed by atoms with E-state index in [1.165, 1.54) is 12.8 Å². The van der Waals surface area contributed by atoms with Crippen LogP contribution in [0.15, 0.2) is 24.5 Å². The lowest BCUT2D eigenvalue weighted by Gasteiger charge is -2.23. The quantitative estimate of drug-likeness (QED) is 0.912. The first-order valence-corrected chi connectivity index (χ1v) is 7.70. The Morgan fingerprint density at radius 3 is 2.90 bits per heavy atom. The molecule has 0 spiro atoms. The molecule has 0 aromatic carbocycles. The Morgan fingerprint density at radius 2 is 2.19 bits per heavy atom. The summed E-state index contributed by atoms with van der Waals surface area (Å²) < 4.78 is 0. The largest absolute Gasteiger partial charge is 0.352 e. The van der Waals surface area contributed by atoms with Gasteiger partial charge in [-0.25, -0.2) is 0 Å². The molecule has 1 N–H and O–H groups in total. The van der Waals surface area contributed by atoms with Gasteiger partial charge in [0.05, 0.1) is 5.92 Å². The Morgan fingerprint density at radius 1 is 1.38 bits per heavy atom. The Hall–Kier alpha value is -1.91. The maximum absolute atomic E-state index is 12.2. The van der Waals surface area contributed by atoms with Gasteiger partial charge in [0.25, 0.3) is 0 Å². The number of pyridine rings is 1. The lowest BCUT2D eigenvalue weighted by molar-refractivity contribution is -0.130. The number of amides is 2. The number of hydrogen-bond acceptors (Lipinski definition) is 3. The number of aromatic nitrogens is 1. The second-order valence-corrected chi connectivity index (χ2v) is 5.96. The first-order valence-electron chi connectivity index (χ1n) is 7.70. The van der Waals surface area contributed by atoms with Crippen LogP contribution in [0.2, 0.25) is 0 Å². The molecule has 21 heavy (non-hydrogen) atoms. The van der Waals surface area contributed by atoms with Gasteiger partial charge in [0.1, 0.15) is 0 Å². The van der Waals surface area contributed by atoms with E-state index in [9.17, 15) is 9.59 Å². The molecule has 1 saturated heterocycles. The highest BCUT2D eigenvalue weighted by Crippen LogP contribution is 2.29. The van der Waals surface area contributed by atoms with Crippen molar-refractivity contribution in [2.24, 2.45) is 5.92 Å². The minimum atomic E-state index is -0.199. The van der Waals surface area contributed by atoms with Gasteiger partial charge in [-0.15, -0.1) is 0 Å². The van der Waals surface area contributed by atoms with Crippen LogP contribution in [-0.2, 0) is 16.1 Å². The summed E-state index contributed by atoms with van der Waals surface area (Å²) in [6, 6.07) is 4.15. The van der Waals surface area contributed by atoms with E-state index < -0.39 is 0 Å². The molecule has 2 heterocycles. The van der Waals surface area contributed by atoms with Crippen LogP contribution in [-0.4, -0.2) is 34.3 Å². The molecule has 1 aliphatic carbocycles. The maximum Gasteiger partial charge on any atom is 0.225 e. The average molecular weight is 287 g/mol. The lowest BCUT2D eigenvalue weighted by Crippen LogP contribution is -2.36. The van der Waals surface area contributed by atoms with Crippen LogP contribution in [0, 0.1) is 5.92 Å². The van der Waals surface area contributed by atoms with Gasteiger partial charge >= 0.3 is 0 Å². The molecular weight excluding hydrogens is 266 g/mol. The van der Waals surface area contributed by atoms with E-state index in [2.05, 4.69) is 10.3 Å². The van der Waals surface area contributed by atoms with Crippen LogP contribution in [0.5, 0.6) is 0 Å². The van der Waals surface area contributed by atoms with Crippen LogP contribution in [0.4, 0.5) is 0 Å². The molecule has 5 heteroatoms. The van der Waals surface area contributed by atoms with Crippen LogP contribution >= 0.6 is 0 Å². The van der Waals surface area contributed by atoms with Crippen molar-refractivity contribution in [1.29, 1.82) is 0 Å². The molecule has 2 amide bonds. The maximum atomic E-state index is 12.2. The summed E-state index contributed by atoms with van der Waals surface area (Å²) in [7, 11) is 0. The summed E-state index contributed by atoms with van der Waals surface area (Å²) >= 11 is 0. The van der Waals surface area contributed by atoms with Crippen molar-refractivity contribution in [2.45, 2.75) is 44.7 Å². The van der Waals surface area contributed by atoms with Gasteiger partial charge in [-0.3, -0.25) is 14.6 Å². The molecule has 1 unspecified atom stereocenters. The molecule has 1 saturated carbocycles. The van der Waals surface area contributed by atoms with Gasteiger partial charge in [-0.2, -0.15) is 0 Å².